The van der Waals surface area contributed by atoms with Crippen molar-refractivity contribution in [3.05, 3.63) is 78.5 Å². The van der Waals surface area contributed by atoms with Gasteiger partial charge in [-0.25, -0.2) is 13.4 Å². The predicted molar refractivity (Wildman–Crippen MR) is 135 cm³/mol. The zero-order chi connectivity index (χ0) is 23.4. The van der Waals surface area contributed by atoms with Crippen molar-refractivity contribution in [3.8, 4) is 0 Å². The van der Waals surface area contributed by atoms with E-state index in [0.29, 0.717) is 17.0 Å². The molecule has 0 saturated heterocycles. The number of hydrogen-bond acceptors (Lipinski definition) is 6. The van der Waals surface area contributed by atoms with Crippen LogP contribution < -0.4 is 14.9 Å². The minimum Gasteiger partial charge on any atom is -0.357 e. The molecule has 0 fully saturated rings. The highest BCUT2D eigenvalue weighted by molar-refractivity contribution is 7.93. The molecule has 7 nitrogen and oxygen atoms in total. The van der Waals surface area contributed by atoms with E-state index in [2.05, 4.69) is 38.8 Å². The summed E-state index contributed by atoms with van der Waals surface area (Å²) in [7, 11) is -3.74. The molecule has 0 saturated carbocycles. The molecule has 0 bridgehead atoms. The van der Waals surface area contributed by atoms with Gasteiger partial charge in [-0.3, -0.25) is 4.72 Å². The SMILES string of the molecule is CCN(CC)c1cc(C)nc(Nc2ccc(NS(=O)(=O)c3cccc4ccccc34)cc2)n1. The average Bonchev–Trinajstić information content (AvgIpc) is 2.80. The lowest BCUT2D eigenvalue weighted by atomic mass is 10.1. The van der Waals surface area contributed by atoms with Crippen LogP contribution in [0.1, 0.15) is 19.5 Å². The molecule has 2 N–H and O–H groups in total. The van der Waals surface area contributed by atoms with Crippen LogP contribution in [0, 0.1) is 6.92 Å². The first-order chi connectivity index (χ1) is 15.9. The second-order valence-electron chi connectivity index (χ2n) is 7.65. The van der Waals surface area contributed by atoms with Gasteiger partial charge in [0.25, 0.3) is 10.0 Å². The maximum absolute atomic E-state index is 13.0. The third kappa shape index (κ3) is 5.06. The van der Waals surface area contributed by atoms with Gasteiger partial charge in [0.2, 0.25) is 5.95 Å². The van der Waals surface area contributed by atoms with E-state index in [9.17, 15) is 8.42 Å². The highest BCUT2D eigenvalue weighted by atomic mass is 32.2. The summed E-state index contributed by atoms with van der Waals surface area (Å²) in [6.07, 6.45) is 0. The fourth-order valence-electron chi connectivity index (χ4n) is 3.71. The second kappa shape index (κ2) is 9.46. The summed E-state index contributed by atoms with van der Waals surface area (Å²) < 4.78 is 28.7. The monoisotopic (exact) mass is 461 g/mol. The Morgan fingerprint density at radius 2 is 1.52 bits per heavy atom. The molecule has 0 amide bonds. The van der Waals surface area contributed by atoms with Crippen molar-refractivity contribution in [1.82, 2.24) is 9.97 Å². The number of benzene rings is 3. The van der Waals surface area contributed by atoms with Crippen LogP contribution >= 0.6 is 0 Å². The van der Waals surface area contributed by atoms with Crippen LogP contribution in [0.4, 0.5) is 23.1 Å². The van der Waals surface area contributed by atoms with Crippen molar-refractivity contribution in [2.45, 2.75) is 25.7 Å². The molecule has 4 aromatic rings. The van der Waals surface area contributed by atoms with E-state index >= 15 is 0 Å². The quantitative estimate of drug-likeness (QED) is 0.369. The summed E-state index contributed by atoms with van der Waals surface area (Å²) in [6.45, 7) is 7.83. The zero-order valence-corrected chi connectivity index (χ0v) is 19.7. The van der Waals surface area contributed by atoms with Gasteiger partial charge in [-0.1, -0.05) is 36.4 Å². The van der Waals surface area contributed by atoms with Gasteiger partial charge < -0.3 is 10.2 Å². The summed E-state index contributed by atoms with van der Waals surface area (Å²) in [5.41, 5.74) is 2.11. The third-order valence-electron chi connectivity index (χ3n) is 5.36. The molecule has 0 aliphatic heterocycles. The minimum absolute atomic E-state index is 0.250. The Hall–Kier alpha value is -3.65. The van der Waals surface area contributed by atoms with Crippen molar-refractivity contribution in [1.29, 1.82) is 0 Å². The molecule has 0 unspecified atom stereocenters. The van der Waals surface area contributed by atoms with Crippen molar-refractivity contribution >= 4 is 43.9 Å². The first-order valence-corrected chi connectivity index (χ1v) is 12.4. The Balaban J connectivity index is 1.53. The predicted octanol–water partition coefficient (Wildman–Crippen LogP) is 5.33. The first-order valence-electron chi connectivity index (χ1n) is 10.9. The number of aromatic nitrogens is 2. The number of fused-ring (bicyclic) bond motifs is 1. The molecule has 1 heterocycles. The largest absolute Gasteiger partial charge is 0.357 e. The summed E-state index contributed by atoms with van der Waals surface area (Å²) in [6, 6.07) is 21.7. The molecular weight excluding hydrogens is 434 g/mol. The number of aryl methyl sites for hydroxylation is 1. The fourth-order valence-corrected chi connectivity index (χ4v) is 5.00. The van der Waals surface area contributed by atoms with E-state index in [1.54, 1.807) is 36.4 Å². The van der Waals surface area contributed by atoms with Crippen LogP contribution in [0.15, 0.2) is 77.7 Å². The Morgan fingerprint density at radius 3 is 2.24 bits per heavy atom. The lowest BCUT2D eigenvalue weighted by Crippen LogP contribution is -2.23. The second-order valence-corrected chi connectivity index (χ2v) is 9.30. The van der Waals surface area contributed by atoms with Crippen LogP contribution in [-0.4, -0.2) is 31.5 Å². The molecule has 1 aromatic heterocycles. The number of nitrogens with zero attached hydrogens (tertiary/aromatic N) is 3. The lowest BCUT2D eigenvalue weighted by molar-refractivity contribution is 0.602. The lowest BCUT2D eigenvalue weighted by Gasteiger charge is -2.20. The summed E-state index contributed by atoms with van der Waals surface area (Å²) in [5, 5.41) is 4.77. The molecule has 4 rings (SSSR count). The number of hydrogen-bond donors (Lipinski definition) is 2. The van der Waals surface area contributed by atoms with Gasteiger partial charge >= 0.3 is 0 Å². The Kier molecular flexibility index (Phi) is 6.46. The van der Waals surface area contributed by atoms with E-state index in [1.807, 2.05) is 43.3 Å². The van der Waals surface area contributed by atoms with Crippen molar-refractivity contribution < 1.29 is 8.42 Å². The highest BCUT2D eigenvalue weighted by Crippen LogP contribution is 2.26. The standard InChI is InChI=1S/C25H27N5O2S/c1-4-30(5-2)24-17-18(3)26-25(28-24)27-20-13-15-21(16-14-20)29-33(31,32)23-12-8-10-19-9-6-7-11-22(19)23/h6-17,29H,4-5H2,1-3H3,(H,26,27,28). The van der Waals surface area contributed by atoms with Crippen LogP contribution in [0.5, 0.6) is 0 Å². The topological polar surface area (TPSA) is 87.2 Å². The zero-order valence-electron chi connectivity index (χ0n) is 18.9. The number of sulfonamides is 1. The summed E-state index contributed by atoms with van der Waals surface area (Å²) in [4.78, 5) is 11.5. The van der Waals surface area contributed by atoms with Gasteiger partial charge in [0.05, 0.1) is 4.90 Å². The molecule has 0 aliphatic rings. The molecule has 170 valence electrons. The van der Waals surface area contributed by atoms with E-state index in [0.717, 1.165) is 35.7 Å². The summed E-state index contributed by atoms with van der Waals surface area (Å²) >= 11 is 0. The molecule has 0 radical (unpaired) electrons. The average molecular weight is 462 g/mol. The van der Waals surface area contributed by atoms with Crippen LogP contribution in [0.25, 0.3) is 10.8 Å². The van der Waals surface area contributed by atoms with Crippen molar-refractivity contribution in [2.24, 2.45) is 0 Å². The van der Waals surface area contributed by atoms with Gasteiger partial charge in [-0.15, -0.1) is 0 Å². The van der Waals surface area contributed by atoms with Gasteiger partial charge in [0.1, 0.15) is 5.82 Å². The smallest absolute Gasteiger partial charge is 0.262 e. The number of rotatable bonds is 8. The number of nitrogens with one attached hydrogen (secondary N) is 2. The number of anilines is 4. The van der Waals surface area contributed by atoms with E-state index in [1.165, 1.54) is 0 Å². The van der Waals surface area contributed by atoms with Crippen molar-refractivity contribution in [3.63, 3.8) is 0 Å². The molecular formula is C25H27N5O2S. The van der Waals surface area contributed by atoms with E-state index < -0.39 is 10.0 Å². The van der Waals surface area contributed by atoms with Crippen LogP contribution in [0.2, 0.25) is 0 Å². The molecule has 0 aliphatic carbocycles. The highest BCUT2D eigenvalue weighted by Gasteiger charge is 2.17. The molecule has 3 aromatic carbocycles. The van der Waals surface area contributed by atoms with E-state index in [4.69, 9.17) is 0 Å². The molecule has 0 spiro atoms. The van der Waals surface area contributed by atoms with Gasteiger partial charge in [0, 0.05) is 41.6 Å². The van der Waals surface area contributed by atoms with Gasteiger partial charge in [0.15, 0.2) is 0 Å². The Bertz CT molecular complexity index is 1360. The first kappa shape index (κ1) is 22.5. The van der Waals surface area contributed by atoms with Crippen molar-refractivity contribution in [2.75, 3.05) is 28.0 Å². The minimum atomic E-state index is -3.74. The molecule has 33 heavy (non-hydrogen) atoms. The summed E-state index contributed by atoms with van der Waals surface area (Å²) in [5.74, 6) is 1.37. The Morgan fingerprint density at radius 1 is 0.848 bits per heavy atom. The maximum atomic E-state index is 13.0. The normalized spacial score (nSPS) is 11.4. The van der Waals surface area contributed by atoms with Gasteiger partial charge in [-0.05, 0) is 56.5 Å². The molecule has 0 atom stereocenters. The van der Waals surface area contributed by atoms with Crippen LogP contribution in [0.3, 0.4) is 0 Å². The van der Waals surface area contributed by atoms with Gasteiger partial charge in [-0.2, -0.15) is 4.98 Å². The van der Waals surface area contributed by atoms with E-state index in [-0.39, 0.29) is 4.90 Å². The fraction of sp³-hybridized carbons (Fsp3) is 0.200. The third-order valence-corrected chi connectivity index (χ3v) is 6.80. The maximum Gasteiger partial charge on any atom is 0.262 e. The van der Waals surface area contributed by atoms with Crippen LogP contribution in [-0.2, 0) is 10.0 Å². The Labute approximate surface area is 194 Å². The molecule has 8 heteroatoms.